The second-order valence-electron chi connectivity index (χ2n) is 5.35. The molecule has 1 aromatic rings. The van der Waals surface area contributed by atoms with Crippen LogP contribution in [0.15, 0.2) is 18.2 Å². The Morgan fingerprint density at radius 2 is 2.09 bits per heavy atom. The maximum atomic E-state index is 13.0. The van der Waals surface area contributed by atoms with Crippen LogP contribution in [-0.4, -0.2) is 41.6 Å². The summed E-state index contributed by atoms with van der Waals surface area (Å²) in [6.45, 7) is 1.01. The lowest BCUT2D eigenvalue weighted by Crippen LogP contribution is -2.47. The first-order chi connectivity index (χ1) is 10.5. The summed E-state index contributed by atoms with van der Waals surface area (Å²) < 4.78 is 25.8. The lowest BCUT2D eigenvalue weighted by atomic mass is 9.99. The molecule has 0 aliphatic carbocycles. The lowest BCUT2D eigenvalue weighted by Gasteiger charge is -2.30. The maximum Gasteiger partial charge on any atom is 0.317 e. The van der Waals surface area contributed by atoms with E-state index in [1.807, 2.05) is 0 Å². The molecule has 2 amide bonds. The molecule has 2 rings (SSSR count). The molecule has 1 aromatic carbocycles. The summed E-state index contributed by atoms with van der Waals surface area (Å²) in [7, 11) is 0. The minimum absolute atomic E-state index is 0.201. The van der Waals surface area contributed by atoms with E-state index in [0.29, 0.717) is 31.4 Å². The molecule has 2 N–H and O–H groups in total. The van der Waals surface area contributed by atoms with Crippen molar-refractivity contribution in [1.82, 2.24) is 10.2 Å². The van der Waals surface area contributed by atoms with Crippen molar-refractivity contribution >= 4 is 12.0 Å². The Morgan fingerprint density at radius 1 is 1.32 bits per heavy atom. The number of hydrogen-bond acceptors (Lipinski definition) is 2. The molecule has 1 atom stereocenters. The average molecular weight is 312 g/mol. The van der Waals surface area contributed by atoms with Gasteiger partial charge in [0.15, 0.2) is 11.6 Å². The van der Waals surface area contributed by atoms with Gasteiger partial charge in [0.1, 0.15) is 0 Å². The van der Waals surface area contributed by atoms with Crippen LogP contribution in [0, 0.1) is 17.6 Å². The van der Waals surface area contributed by atoms with Crippen molar-refractivity contribution in [3.63, 3.8) is 0 Å². The van der Waals surface area contributed by atoms with E-state index in [4.69, 9.17) is 5.11 Å². The molecule has 0 aromatic heterocycles. The van der Waals surface area contributed by atoms with Gasteiger partial charge in [0.2, 0.25) is 0 Å². The number of carbonyl (C=O) groups excluding carboxylic acids is 1. The van der Waals surface area contributed by atoms with Gasteiger partial charge in [0.25, 0.3) is 0 Å². The summed E-state index contributed by atoms with van der Waals surface area (Å²) in [5, 5.41) is 11.7. The predicted molar refractivity (Wildman–Crippen MR) is 75.4 cm³/mol. The smallest absolute Gasteiger partial charge is 0.317 e. The zero-order chi connectivity index (χ0) is 16.1. The molecular formula is C15H18F2N2O3. The van der Waals surface area contributed by atoms with Crippen molar-refractivity contribution in [2.45, 2.75) is 19.3 Å². The van der Waals surface area contributed by atoms with Crippen molar-refractivity contribution in [3.05, 3.63) is 35.4 Å². The molecule has 0 saturated carbocycles. The molecule has 1 aliphatic heterocycles. The van der Waals surface area contributed by atoms with E-state index in [9.17, 15) is 18.4 Å². The quantitative estimate of drug-likeness (QED) is 0.893. The molecule has 22 heavy (non-hydrogen) atoms. The highest BCUT2D eigenvalue weighted by Gasteiger charge is 2.27. The van der Waals surface area contributed by atoms with Gasteiger partial charge in [0, 0.05) is 19.6 Å². The Labute approximate surface area is 126 Å². The first kappa shape index (κ1) is 16.2. The van der Waals surface area contributed by atoms with E-state index >= 15 is 0 Å². The van der Waals surface area contributed by atoms with Gasteiger partial charge in [-0.1, -0.05) is 6.07 Å². The Bertz CT molecular complexity index is 566. The summed E-state index contributed by atoms with van der Waals surface area (Å²) in [6, 6.07) is 3.29. The summed E-state index contributed by atoms with van der Waals surface area (Å²) in [5.74, 6) is -3.23. The number of aliphatic carboxylic acids is 1. The minimum atomic E-state index is -0.913. The number of halogens is 2. The van der Waals surface area contributed by atoms with Gasteiger partial charge in [-0.15, -0.1) is 0 Å². The molecule has 0 bridgehead atoms. The molecule has 1 unspecified atom stereocenters. The molecule has 1 heterocycles. The van der Waals surface area contributed by atoms with E-state index < -0.39 is 23.5 Å². The highest BCUT2D eigenvalue weighted by molar-refractivity contribution is 5.76. The summed E-state index contributed by atoms with van der Waals surface area (Å²) >= 11 is 0. The van der Waals surface area contributed by atoms with Crippen LogP contribution in [-0.2, 0) is 11.2 Å². The van der Waals surface area contributed by atoms with Crippen LogP contribution < -0.4 is 5.32 Å². The predicted octanol–water partition coefficient (Wildman–Crippen LogP) is 2.01. The van der Waals surface area contributed by atoms with Crippen LogP contribution >= 0.6 is 0 Å². The highest BCUT2D eigenvalue weighted by Crippen LogP contribution is 2.16. The zero-order valence-corrected chi connectivity index (χ0v) is 12.0. The largest absolute Gasteiger partial charge is 0.481 e. The number of nitrogens with one attached hydrogen (secondary N) is 1. The average Bonchev–Trinajstić information content (AvgIpc) is 2.51. The molecule has 1 aliphatic rings. The second kappa shape index (κ2) is 7.20. The van der Waals surface area contributed by atoms with Crippen LogP contribution in [0.25, 0.3) is 0 Å². The zero-order valence-electron chi connectivity index (χ0n) is 12.0. The SMILES string of the molecule is O=C(O)C1CCCN(C(=O)NCCc2ccc(F)c(F)c2)C1. The number of carboxylic acid groups (broad SMARTS) is 1. The molecule has 5 nitrogen and oxygen atoms in total. The lowest BCUT2D eigenvalue weighted by molar-refractivity contribution is -0.143. The third kappa shape index (κ3) is 4.16. The van der Waals surface area contributed by atoms with Crippen LogP contribution in [0.4, 0.5) is 13.6 Å². The molecule has 0 radical (unpaired) electrons. The minimum Gasteiger partial charge on any atom is -0.481 e. The Balaban J connectivity index is 1.79. The van der Waals surface area contributed by atoms with E-state index in [1.54, 1.807) is 0 Å². The maximum absolute atomic E-state index is 13.0. The molecule has 1 fully saturated rings. The number of benzene rings is 1. The second-order valence-corrected chi connectivity index (χ2v) is 5.35. The molecular weight excluding hydrogens is 294 g/mol. The van der Waals surface area contributed by atoms with Crippen molar-refractivity contribution in [3.8, 4) is 0 Å². The van der Waals surface area contributed by atoms with Crippen LogP contribution in [0.2, 0.25) is 0 Å². The number of likely N-dealkylation sites (tertiary alicyclic amines) is 1. The molecule has 0 spiro atoms. The van der Waals surface area contributed by atoms with E-state index in [2.05, 4.69) is 5.32 Å². The van der Waals surface area contributed by atoms with Gasteiger partial charge in [-0.3, -0.25) is 4.79 Å². The van der Waals surface area contributed by atoms with E-state index in [1.165, 1.54) is 11.0 Å². The van der Waals surface area contributed by atoms with E-state index in [-0.39, 0.29) is 19.1 Å². The van der Waals surface area contributed by atoms with Gasteiger partial charge >= 0.3 is 12.0 Å². The number of hydrogen-bond donors (Lipinski definition) is 2. The first-order valence-electron chi connectivity index (χ1n) is 7.17. The number of rotatable bonds is 4. The fraction of sp³-hybridized carbons (Fsp3) is 0.467. The van der Waals surface area contributed by atoms with Gasteiger partial charge in [-0.2, -0.15) is 0 Å². The number of amides is 2. The fourth-order valence-electron chi connectivity index (χ4n) is 2.48. The third-order valence-corrected chi connectivity index (χ3v) is 3.73. The number of nitrogens with zero attached hydrogens (tertiary/aromatic N) is 1. The Kier molecular flexibility index (Phi) is 5.30. The number of carboxylic acids is 1. The fourth-order valence-corrected chi connectivity index (χ4v) is 2.48. The normalized spacial score (nSPS) is 18.1. The van der Waals surface area contributed by atoms with Crippen LogP contribution in [0.3, 0.4) is 0 Å². The van der Waals surface area contributed by atoms with Gasteiger partial charge in [0.05, 0.1) is 5.92 Å². The van der Waals surface area contributed by atoms with Crippen molar-refractivity contribution in [2.75, 3.05) is 19.6 Å². The van der Waals surface area contributed by atoms with Gasteiger partial charge < -0.3 is 15.3 Å². The Morgan fingerprint density at radius 3 is 2.77 bits per heavy atom. The van der Waals surface area contributed by atoms with Gasteiger partial charge in [-0.25, -0.2) is 13.6 Å². The standard InChI is InChI=1S/C15H18F2N2O3/c16-12-4-3-10(8-13(12)17)5-6-18-15(22)19-7-1-2-11(9-19)14(20)21/h3-4,8,11H,1-2,5-7,9H2,(H,18,22)(H,20,21). The third-order valence-electron chi connectivity index (χ3n) is 3.73. The van der Waals surface area contributed by atoms with E-state index in [0.717, 1.165) is 12.1 Å². The first-order valence-corrected chi connectivity index (χ1v) is 7.17. The number of urea groups is 1. The van der Waals surface area contributed by atoms with Crippen molar-refractivity contribution < 1.29 is 23.5 Å². The summed E-state index contributed by atoms with van der Waals surface area (Å²) in [6.07, 6.45) is 1.61. The van der Waals surface area contributed by atoms with Crippen molar-refractivity contribution in [2.24, 2.45) is 5.92 Å². The summed E-state index contributed by atoms with van der Waals surface area (Å²) in [4.78, 5) is 24.4. The van der Waals surface area contributed by atoms with Gasteiger partial charge in [-0.05, 0) is 37.0 Å². The van der Waals surface area contributed by atoms with Crippen LogP contribution in [0.1, 0.15) is 18.4 Å². The molecule has 1 saturated heterocycles. The summed E-state index contributed by atoms with van der Waals surface area (Å²) in [5.41, 5.74) is 0.584. The number of piperidine rings is 1. The topological polar surface area (TPSA) is 69.6 Å². The Hall–Kier alpha value is -2.18. The molecule has 7 heteroatoms. The van der Waals surface area contributed by atoms with Crippen LogP contribution in [0.5, 0.6) is 0 Å². The monoisotopic (exact) mass is 312 g/mol. The number of carbonyl (C=O) groups is 2. The molecule has 120 valence electrons. The van der Waals surface area contributed by atoms with Crippen molar-refractivity contribution in [1.29, 1.82) is 0 Å². The highest BCUT2D eigenvalue weighted by atomic mass is 19.2.